The van der Waals surface area contributed by atoms with E-state index in [-0.39, 0.29) is 18.3 Å². The second-order valence-electron chi connectivity index (χ2n) is 5.49. The highest BCUT2D eigenvalue weighted by molar-refractivity contribution is 5.95. The first-order chi connectivity index (χ1) is 10.6. The minimum atomic E-state index is -0.464. The second-order valence-corrected chi connectivity index (χ2v) is 5.49. The number of nitrogens with one attached hydrogen (secondary N) is 2. The molecule has 0 saturated heterocycles. The molecule has 0 unspecified atom stereocenters. The lowest BCUT2D eigenvalue weighted by Crippen LogP contribution is -2.45. The van der Waals surface area contributed by atoms with Crippen molar-refractivity contribution in [3.63, 3.8) is 0 Å². The van der Waals surface area contributed by atoms with Gasteiger partial charge in [0.05, 0.1) is 6.54 Å². The molecule has 0 radical (unpaired) electrons. The highest BCUT2D eigenvalue weighted by Crippen LogP contribution is 2.26. The molecule has 1 aliphatic rings. The van der Waals surface area contributed by atoms with E-state index in [0.29, 0.717) is 25.6 Å². The van der Waals surface area contributed by atoms with Crippen molar-refractivity contribution >= 4 is 11.9 Å². The zero-order chi connectivity index (χ0) is 15.9. The van der Waals surface area contributed by atoms with Crippen LogP contribution in [0.15, 0.2) is 24.3 Å². The Hall–Kier alpha value is -1.95. The highest BCUT2D eigenvalue weighted by atomic mass is 19.1. The molecule has 2 rings (SSSR count). The molecule has 1 aromatic rings. The molecule has 1 aromatic carbocycles. The molecule has 5 nitrogen and oxygen atoms in total. The Bertz CT molecular complexity index is 532. The van der Waals surface area contributed by atoms with E-state index in [1.165, 1.54) is 12.1 Å². The summed E-state index contributed by atoms with van der Waals surface area (Å²) in [5.74, 6) is -0.554. The molecule has 1 fully saturated rings. The van der Waals surface area contributed by atoms with E-state index in [9.17, 15) is 14.0 Å². The van der Waals surface area contributed by atoms with Crippen LogP contribution in [0.25, 0.3) is 0 Å². The number of carbonyl (C=O) groups is 2. The summed E-state index contributed by atoms with van der Waals surface area (Å²) < 4.78 is 13.2. The third-order valence-corrected chi connectivity index (χ3v) is 3.58. The SMILES string of the molecule is CCNC(=O)NC(=O)CN(CCc1cccc(F)c1)C1CC1. The Balaban J connectivity index is 1.82. The first-order valence-corrected chi connectivity index (χ1v) is 7.64. The van der Waals surface area contributed by atoms with E-state index < -0.39 is 6.03 Å². The van der Waals surface area contributed by atoms with Crippen LogP contribution in [0.1, 0.15) is 25.3 Å². The number of halogens is 1. The number of urea groups is 1. The number of carbonyl (C=O) groups excluding carboxylic acids is 2. The molecule has 1 saturated carbocycles. The van der Waals surface area contributed by atoms with Gasteiger partial charge in [-0.15, -0.1) is 0 Å². The molecule has 0 aromatic heterocycles. The van der Waals surface area contributed by atoms with Crippen LogP contribution in [0.4, 0.5) is 9.18 Å². The molecule has 0 heterocycles. The van der Waals surface area contributed by atoms with Gasteiger partial charge in [0.1, 0.15) is 5.82 Å². The largest absolute Gasteiger partial charge is 0.338 e. The van der Waals surface area contributed by atoms with Crippen molar-refractivity contribution in [2.75, 3.05) is 19.6 Å². The van der Waals surface area contributed by atoms with Crippen molar-refractivity contribution in [1.82, 2.24) is 15.5 Å². The van der Waals surface area contributed by atoms with Gasteiger partial charge in [0.25, 0.3) is 0 Å². The topological polar surface area (TPSA) is 61.4 Å². The van der Waals surface area contributed by atoms with E-state index in [2.05, 4.69) is 15.5 Å². The Kier molecular flexibility index (Phi) is 5.89. The van der Waals surface area contributed by atoms with Crippen molar-refractivity contribution in [3.8, 4) is 0 Å². The van der Waals surface area contributed by atoms with E-state index in [1.807, 2.05) is 6.07 Å². The van der Waals surface area contributed by atoms with Gasteiger partial charge < -0.3 is 5.32 Å². The minimum absolute atomic E-state index is 0.192. The van der Waals surface area contributed by atoms with Crippen LogP contribution in [0.3, 0.4) is 0 Å². The third-order valence-electron chi connectivity index (χ3n) is 3.58. The van der Waals surface area contributed by atoms with Gasteiger partial charge in [-0.3, -0.25) is 15.0 Å². The number of nitrogens with zero attached hydrogens (tertiary/aromatic N) is 1. The maximum Gasteiger partial charge on any atom is 0.321 e. The molecular weight excluding hydrogens is 285 g/mol. The molecule has 0 aliphatic heterocycles. The fraction of sp³-hybridized carbons (Fsp3) is 0.500. The summed E-state index contributed by atoms with van der Waals surface area (Å²) in [6, 6.07) is 6.43. The number of hydrogen-bond donors (Lipinski definition) is 2. The van der Waals surface area contributed by atoms with Crippen LogP contribution in [0, 0.1) is 5.82 Å². The lowest BCUT2D eigenvalue weighted by Gasteiger charge is -2.21. The maximum atomic E-state index is 13.2. The van der Waals surface area contributed by atoms with E-state index in [0.717, 1.165) is 18.4 Å². The predicted molar refractivity (Wildman–Crippen MR) is 81.9 cm³/mol. The maximum absolute atomic E-state index is 13.2. The van der Waals surface area contributed by atoms with E-state index >= 15 is 0 Å². The van der Waals surface area contributed by atoms with Gasteiger partial charge in [0.2, 0.25) is 5.91 Å². The lowest BCUT2D eigenvalue weighted by atomic mass is 10.1. The van der Waals surface area contributed by atoms with Crippen LogP contribution < -0.4 is 10.6 Å². The zero-order valence-electron chi connectivity index (χ0n) is 12.8. The van der Waals surface area contributed by atoms with Gasteiger partial charge in [-0.25, -0.2) is 9.18 Å². The van der Waals surface area contributed by atoms with Crippen molar-refractivity contribution < 1.29 is 14.0 Å². The summed E-state index contributed by atoms with van der Waals surface area (Å²) in [6.45, 7) is 3.14. The summed E-state index contributed by atoms with van der Waals surface area (Å²) in [5, 5.41) is 4.84. The minimum Gasteiger partial charge on any atom is -0.338 e. The first-order valence-electron chi connectivity index (χ1n) is 7.64. The Labute approximate surface area is 129 Å². The third kappa shape index (κ3) is 5.44. The van der Waals surface area contributed by atoms with Gasteiger partial charge in [-0.2, -0.15) is 0 Å². The quantitative estimate of drug-likeness (QED) is 0.805. The van der Waals surface area contributed by atoms with E-state index in [1.54, 1.807) is 13.0 Å². The molecule has 22 heavy (non-hydrogen) atoms. The van der Waals surface area contributed by atoms with Crippen LogP contribution in [0.5, 0.6) is 0 Å². The second kappa shape index (κ2) is 7.89. The van der Waals surface area contributed by atoms with Gasteiger partial charge in [0.15, 0.2) is 0 Å². The van der Waals surface area contributed by atoms with Gasteiger partial charge in [-0.05, 0) is 43.9 Å². The summed E-state index contributed by atoms with van der Waals surface area (Å²) in [6.07, 6.45) is 2.82. The zero-order valence-corrected chi connectivity index (χ0v) is 12.8. The molecular formula is C16H22FN3O2. The molecule has 3 amide bonds. The summed E-state index contributed by atoms with van der Waals surface area (Å²) in [4.78, 5) is 25.3. The normalized spacial score (nSPS) is 14.0. The van der Waals surface area contributed by atoms with Gasteiger partial charge in [0, 0.05) is 19.1 Å². The highest BCUT2D eigenvalue weighted by Gasteiger charge is 2.30. The van der Waals surface area contributed by atoms with Crippen LogP contribution in [-0.2, 0) is 11.2 Å². The number of imide groups is 1. The molecule has 6 heteroatoms. The monoisotopic (exact) mass is 307 g/mol. The number of amides is 3. The smallest absolute Gasteiger partial charge is 0.321 e. The summed E-state index contributed by atoms with van der Waals surface area (Å²) in [5.41, 5.74) is 0.912. The fourth-order valence-corrected chi connectivity index (χ4v) is 2.35. The molecule has 1 aliphatic carbocycles. The standard InChI is InChI=1S/C16H22FN3O2/c1-2-18-16(22)19-15(21)11-20(14-6-7-14)9-8-12-4-3-5-13(17)10-12/h3-5,10,14H,2,6-9,11H2,1H3,(H2,18,19,21,22). The number of rotatable bonds is 7. The lowest BCUT2D eigenvalue weighted by molar-refractivity contribution is -0.121. The number of benzene rings is 1. The van der Waals surface area contributed by atoms with Gasteiger partial charge in [-0.1, -0.05) is 12.1 Å². The molecule has 2 N–H and O–H groups in total. The average Bonchev–Trinajstić information content (AvgIpc) is 3.28. The van der Waals surface area contributed by atoms with Crippen LogP contribution >= 0.6 is 0 Å². The van der Waals surface area contributed by atoms with Gasteiger partial charge >= 0.3 is 6.03 Å². The Morgan fingerprint density at radius 2 is 2.14 bits per heavy atom. The average molecular weight is 307 g/mol. The van der Waals surface area contributed by atoms with Crippen molar-refractivity contribution in [2.45, 2.75) is 32.2 Å². The van der Waals surface area contributed by atoms with Crippen LogP contribution in [-0.4, -0.2) is 42.5 Å². The molecule has 120 valence electrons. The summed E-state index contributed by atoms with van der Waals surface area (Å²) >= 11 is 0. The Morgan fingerprint density at radius 1 is 1.36 bits per heavy atom. The molecule has 0 bridgehead atoms. The molecule has 0 spiro atoms. The number of hydrogen-bond acceptors (Lipinski definition) is 3. The fourth-order valence-electron chi connectivity index (χ4n) is 2.35. The van der Waals surface area contributed by atoms with Crippen molar-refractivity contribution in [3.05, 3.63) is 35.6 Å². The van der Waals surface area contributed by atoms with Crippen LogP contribution in [0.2, 0.25) is 0 Å². The molecule has 0 atom stereocenters. The predicted octanol–water partition coefficient (Wildman–Crippen LogP) is 1.68. The van der Waals surface area contributed by atoms with Crippen molar-refractivity contribution in [1.29, 1.82) is 0 Å². The Morgan fingerprint density at radius 3 is 2.77 bits per heavy atom. The van der Waals surface area contributed by atoms with E-state index in [4.69, 9.17) is 0 Å². The van der Waals surface area contributed by atoms with Crippen molar-refractivity contribution in [2.24, 2.45) is 0 Å². The summed E-state index contributed by atoms with van der Waals surface area (Å²) in [7, 11) is 0. The first kappa shape index (κ1) is 16.4.